The SMILES string of the molecule is Cc1nnc2n1[C@H](Cc1ccccc1)CN(C(=O)c1ccc3nccnc3c1)C2. The third-order valence-electron chi connectivity index (χ3n) is 5.38. The molecule has 29 heavy (non-hydrogen) atoms. The molecule has 0 bridgehead atoms. The quantitative estimate of drug-likeness (QED) is 0.543. The first-order chi connectivity index (χ1) is 14.2. The van der Waals surface area contributed by atoms with Gasteiger partial charge in [0, 0.05) is 24.5 Å². The van der Waals surface area contributed by atoms with Crippen LogP contribution in [-0.2, 0) is 13.0 Å². The Kier molecular flexibility index (Phi) is 4.27. The number of hydrogen-bond donors (Lipinski definition) is 0. The summed E-state index contributed by atoms with van der Waals surface area (Å²) in [7, 11) is 0. The Balaban J connectivity index is 1.46. The Morgan fingerprint density at radius 1 is 1.03 bits per heavy atom. The van der Waals surface area contributed by atoms with Gasteiger partial charge in [-0.25, -0.2) is 0 Å². The van der Waals surface area contributed by atoms with Gasteiger partial charge in [-0.1, -0.05) is 30.3 Å². The van der Waals surface area contributed by atoms with Crippen molar-refractivity contribution in [1.29, 1.82) is 0 Å². The number of hydrogen-bond acceptors (Lipinski definition) is 5. The van der Waals surface area contributed by atoms with E-state index in [0.717, 1.165) is 29.1 Å². The average molecular weight is 384 g/mol. The fraction of sp³-hybridized carbons (Fsp3) is 0.227. The predicted octanol–water partition coefficient (Wildman–Crippen LogP) is 2.97. The zero-order valence-electron chi connectivity index (χ0n) is 16.1. The van der Waals surface area contributed by atoms with Crippen LogP contribution in [0, 0.1) is 6.92 Å². The van der Waals surface area contributed by atoms with E-state index in [1.54, 1.807) is 18.5 Å². The molecule has 4 aromatic rings. The number of rotatable bonds is 3. The van der Waals surface area contributed by atoms with Crippen LogP contribution in [0.1, 0.15) is 33.6 Å². The summed E-state index contributed by atoms with van der Waals surface area (Å²) in [5.74, 6) is 1.68. The van der Waals surface area contributed by atoms with Crippen molar-refractivity contribution in [3.8, 4) is 0 Å². The molecule has 7 nitrogen and oxygen atoms in total. The van der Waals surface area contributed by atoms with E-state index in [-0.39, 0.29) is 11.9 Å². The third kappa shape index (κ3) is 3.24. The minimum absolute atomic E-state index is 0.0254. The second kappa shape index (κ2) is 7.09. The summed E-state index contributed by atoms with van der Waals surface area (Å²) in [5.41, 5.74) is 3.34. The Bertz CT molecular complexity index is 1190. The number of fused-ring (bicyclic) bond motifs is 2. The molecule has 0 saturated carbocycles. The first kappa shape index (κ1) is 17.5. The lowest BCUT2D eigenvalue weighted by molar-refractivity contribution is 0.0672. The summed E-state index contributed by atoms with van der Waals surface area (Å²) >= 11 is 0. The van der Waals surface area contributed by atoms with Gasteiger partial charge in [-0.2, -0.15) is 0 Å². The molecule has 3 heterocycles. The second-order valence-electron chi connectivity index (χ2n) is 7.32. The second-order valence-corrected chi connectivity index (χ2v) is 7.32. The molecule has 1 aliphatic heterocycles. The number of benzene rings is 2. The van der Waals surface area contributed by atoms with Crippen LogP contribution < -0.4 is 0 Å². The van der Waals surface area contributed by atoms with Crippen molar-refractivity contribution in [2.45, 2.75) is 25.9 Å². The van der Waals surface area contributed by atoms with E-state index in [0.29, 0.717) is 18.7 Å². The molecule has 0 N–H and O–H groups in total. The van der Waals surface area contributed by atoms with Crippen molar-refractivity contribution >= 4 is 16.9 Å². The summed E-state index contributed by atoms with van der Waals surface area (Å²) in [6.07, 6.45) is 4.11. The van der Waals surface area contributed by atoms with Gasteiger partial charge in [0.25, 0.3) is 5.91 Å². The highest BCUT2D eigenvalue weighted by Crippen LogP contribution is 2.26. The molecule has 5 rings (SSSR count). The maximum atomic E-state index is 13.3. The van der Waals surface area contributed by atoms with E-state index >= 15 is 0 Å². The smallest absolute Gasteiger partial charge is 0.254 e. The summed E-state index contributed by atoms with van der Waals surface area (Å²) < 4.78 is 2.17. The molecule has 1 amide bonds. The maximum absolute atomic E-state index is 13.3. The summed E-state index contributed by atoms with van der Waals surface area (Å²) in [4.78, 5) is 23.7. The van der Waals surface area contributed by atoms with Gasteiger partial charge in [0.1, 0.15) is 5.82 Å². The molecular formula is C22H20N6O. The Labute approximate surface area is 168 Å². The molecule has 0 radical (unpaired) electrons. The molecule has 144 valence electrons. The van der Waals surface area contributed by atoms with Crippen molar-refractivity contribution in [2.24, 2.45) is 0 Å². The standard InChI is InChI=1S/C22H20N6O/c1-15-25-26-21-14-27(13-18(28(15)21)11-16-5-3-2-4-6-16)22(29)17-7-8-19-20(12-17)24-10-9-23-19/h2-10,12,18H,11,13-14H2,1H3/t18-/m1/s1. The highest BCUT2D eigenvalue weighted by molar-refractivity contribution is 5.97. The maximum Gasteiger partial charge on any atom is 0.254 e. The van der Waals surface area contributed by atoms with Gasteiger partial charge in [-0.15, -0.1) is 10.2 Å². The van der Waals surface area contributed by atoms with E-state index in [2.05, 4.69) is 36.9 Å². The number of carbonyl (C=O) groups is 1. The van der Waals surface area contributed by atoms with E-state index < -0.39 is 0 Å². The van der Waals surface area contributed by atoms with Gasteiger partial charge in [-0.05, 0) is 37.1 Å². The van der Waals surface area contributed by atoms with Crippen LogP contribution in [0.3, 0.4) is 0 Å². The van der Waals surface area contributed by atoms with Crippen LogP contribution in [0.4, 0.5) is 0 Å². The molecule has 0 unspecified atom stereocenters. The van der Waals surface area contributed by atoms with Crippen LogP contribution in [0.2, 0.25) is 0 Å². The molecule has 7 heteroatoms. The molecule has 0 spiro atoms. The van der Waals surface area contributed by atoms with Crippen molar-refractivity contribution in [3.63, 3.8) is 0 Å². The van der Waals surface area contributed by atoms with Crippen LogP contribution >= 0.6 is 0 Å². The molecule has 0 fully saturated rings. The zero-order valence-corrected chi connectivity index (χ0v) is 16.1. The van der Waals surface area contributed by atoms with E-state index in [4.69, 9.17) is 0 Å². The van der Waals surface area contributed by atoms with Crippen LogP contribution in [-0.4, -0.2) is 42.1 Å². The molecular weight excluding hydrogens is 364 g/mol. The van der Waals surface area contributed by atoms with Crippen molar-refractivity contribution < 1.29 is 4.79 Å². The lowest BCUT2D eigenvalue weighted by atomic mass is 10.0. The van der Waals surface area contributed by atoms with Gasteiger partial charge in [0.2, 0.25) is 0 Å². The summed E-state index contributed by atoms with van der Waals surface area (Å²) in [6.45, 7) is 3.02. The molecule has 1 aliphatic rings. The number of aromatic nitrogens is 5. The van der Waals surface area contributed by atoms with Gasteiger partial charge >= 0.3 is 0 Å². The molecule has 0 aliphatic carbocycles. The predicted molar refractivity (Wildman–Crippen MR) is 108 cm³/mol. The Morgan fingerprint density at radius 2 is 1.83 bits per heavy atom. The summed E-state index contributed by atoms with van der Waals surface area (Å²) in [5, 5.41) is 8.58. The first-order valence-electron chi connectivity index (χ1n) is 9.63. The minimum Gasteiger partial charge on any atom is -0.329 e. The van der Waals surface area contributed by atoms with E-state index in [1.165, 1.54) is 5.56 Å². The van der Waals surface area contributed by atoms with Gasteiger partial charge in [0.15, 0.2) is 5.82 Å². The third-order valence-corrected chi connectivity index (χ3v) is 5.38. The fourth-order valence-corrected chi connectivity index (χ4v) is 4.04. The Hall–Kier alpha value is -3.61. The molecule has 2 aromatic heterocycles. The van der Waals surface area contributed by atoms with Crippen LogP contribution in [0.15, 0.2) is 60.9 Å². The van der Waals surface area contributed by atoms with Crippen molar-refractivity contribution in [3.05, 3.63) is 83.7 Å². The van der Waals surface area contributed by atoms with Crippen LogP contribution in [0.5, 0.6) is 0 Å². The van der Waals surface area contributed by atoms with Crippen molar-refractivity contribution in [1.82, 2.24) is 29.6 Å². The minimum atomic E-state index is -0.0254. The average Bonchev–Trinajstić information content (AvgIpc) is 3.14. The van der Waals surface area contributed by atoms with Crippen LogP contribution in [0.25, 0.3) is 11.0 Å². The lowest BCUT2D eigenvalue weighted by Crippen LogP contribution is -2.42. The zero-order chi connectivity index (χ0) is 19.8. The van der Waals surface area contributed by atoms with E-state index in [1.807, 2.05) is 42.2 Å². The van der Waals surface area contributed by atoms with Gasteiger partial charge in [0.05, 0.1) is 23.6 Å². The number of carbonyl (C=O) groups excluding carboxylic acids is 1. The highest BCUT2D eigenvalue weighted by Gasteiger charge is 2.31. The topological polar surface area (TPSA) is 76.8 Å². The number of aryl methyl sites for hydroxylation is 1. The van der Waals surface area contributed by atoms with Gasteiger partial charge in [-0.3, -0.25) is 14.8 Å². The number of amides is 1. The summed E-state index contributed by atoms with van der Waals surface area (Å²) in [6, 6.07) is 15.9. The fourth-order valence-electron chi connectivity index (χ4n) is 4.04. The first-order valence-corrected chi connectivity index (χ1v) is 9.63. The van der Waals surface area contributed by atoms with E-state index in [9.17, 15) is 4.79 Å². The normalized spacial score (nSPS) is 16.0. The number of nitrogens with zero attached hydrogens (tertiary/aromatic N) is 6. The molecule has 2 aromatic carbocycles. The molecule has 0 saturated heterocycles. The monoisotopic (exact) mass is 384 g/mol. The lowest BCUT2D eigenvalue weighted by Gasteiger charge is -2.34. The van der Waals surface area contributed by atoms with Gasteiger partial charge < -0.3 is 9.47 Å². The highest BCUT2D eigenvalue weighted by atomic mass is 16.2. The Morgan fingerprint density at radius 3 is 2.66 bits per heavy atom. The largest absolute Gasteiger partial charge is 0.329 e. The van der Waals surface area contributed by atoms with Crippen molar-refractivity contribution in [2.75, 3.05) is 6.54 Å². The molecule has 1 atom stereocenters.